The van der Waals surface area contributed by atoms with Crippen LogP contribution in [0.25, 0.3) is 0 Å². The van der Waals surface area contributed by atoms with Crippen LogP contribution in [0.15, 0.2) is 38.5 Å². The van der Waals surface area contributed by atoms with Crippen LogP contribution in [0.5, 0.6) is 0 Å². The lowest BCUT2D eigenvalue weighted by Crippen LogP contribution is -1.99. The van der Waals surface area contributed by atoms with Gasteiger partial charge in [-0.1, -0.05) is 0 Å². The molecule has 0 saturated heterocycles. The van der Waals surface area contributed by atoms with Crippen molar-refractivity contribution in [2.45, 2.75) is 10.6 Å². The Bertz CT molecular complexity index is 542. The van der Waals surface area contributed by atoms with Crippen molar-refractivity contribution in [3.05, 3.63) is 44.8 Å². The van der Waals surface area contributed by atoms with Gasteiger partial charge < -0.3 is 5.11 Å². The van der Waals surface area contributed by atoms with Crippen molar-refractivity contribution in [2.24, 2.45) is 0 Å². The van der Waals surface area contributed by atoms with E-state index in [0.29, 0.717) is 0 Å². The standard InChI is InChI=1S/C11H8BrNO2S2/c12-10-3-7(6-17-10)5-16-8-1-2-13-9(4-8)11(14)15/h1-4,6H,5H2,(H,14,15). The first-order chi connectivity index (χ1) is 8.15. The van der Waals surface area contributed by atoms with Gasteiger partial charge in [-0.2, -0.15) is 0 Å². The number of pyridine rings is 1. The zero-order valence-electron chi connectivity index (χ0n) is 8.59. The third-order valence-electron chi connectivity index (χ3n) is 1.98. The minimum atomic E-state index is -0.995. The van der Waals surface area contributed by atoms with Crippen LogP contribution in [0.4, 0.5) is 0 Å². The largest absolute Gasteiger partial charge is 0.477 e. The van der Waals surface area contributed by atoms with E-state index in [-0.39, 0.29) is 5.69 Å². The van der Waals surface area contributed by atoms with Crippen LogP contribution in [0.2, 0.25) is 0 Å². The molecule has 0 saturated carbocycles. The van der Waals surface area contributed by atoms with E-state index in [1.165, 1.54) is 11.8 Å². The maximum absolute atomic E-state index is 10.8. The Labute approximate surface area is 115 Å². The summed E-state index contributed by atoms with van der Waals surface area (Å²) in [6.07, 6.45) is 1.52. The Balaban J connectivity index is 2.04. The van der Waals surface area contributed by atoms with E-state index >= 15 is 0 Å². The van der Waals surface area contributed by atoms with Crippen LogP contribution < -0.4 is 0 Å². The molecule has 0 aromatic carbocycles. The van der Waals surface area contributed by atoms with Gasteiger partial charge in [0.1, 0.15) is 5.69 Å². The average molecular weight is 330 g/mol. The molecule has 2 rings (SSSR count). The molecule has 0 radical (unpaired) electrons. The van der Waals surface area contributed by atoms with E-state index < -0.39 is 5.97 Å². The third kappa shape index (κ3) is 3.55. The van der Waals surface area contributed by atoms with Crippen molar-refractivity contribution >= 4 is 45.0 Å². The van der Waals surface area contributed by atoms with E-state index in [4.69, 9.17) is 5.11 Å². The molecule has 2 aromatic rings. The molecule has 0 aliphatic heterocycles. The first-order valence-corrected chi connectivity index (χ1v) is 7.36. The molecule has 0 bridgehead atoms. The van der Waals surface area contributed by atoms with Crippen LogP contribution in [0, 0.1) is 0 Å². The monoisotopic (exact) mass is 329 g/mol. The number of thioether (sulfide) groups is 1. The molecule has 0 aliphatic rings. The molecular formula is C11H8BrNO2S2. The highest BCUT2D eigenvalue weighted by Gasteiger charge is 2.05. The maximum Gasteiger partial charge on any atom is 0.354 e. The van der Waals surface area contributed by atoms with Crippen molar-refractivity contribution in [1.29, 1.82) is 0 Å². The molecule has 0 atom stereocenters. The fraction of sp³-hybridized carbons (Fsp3) is 0.0909. The Morgan fingerprint density at radius 3 is 3.00 bits per heavy atom. The lowest BCUT2D eigenvalue weighted by Gasteiger charge is -2.00. The Hall–Kier alpha value is -0.850. The van der Waals surface area contributed by atoms with Gasteiger partial charge in [-0.15, -0.1) is 23.1 Å². The smallest absolute Gasteiger partial charge is 0.354 e. The second-order valence-corrected chi connectivity index (χ2v) is 6.57. The number of carbonyl (C=O) groups is 1. The van der Waals surface area contributed by atoms with Crippen LogP contribution >= 0.6 is 39.0 Å². The number of aromatic carboxylic acids is 1. The Kier molecular flexibility index (Phi) is 4.20. The summed E-state index contributed by atoms with van der Waals surface area (Å²) in [6, 6.07) is 5.48. The highest BCUT2D eigenvalue weighted by molar-refractivity contribution is 9.11. The molecule has 0 unspecified atom stereocenters. The van der Waals surface area contributed by atoms with E-state index in [1.807, 2.05) is 6.07 Å². The summed E-state index contributed by atoms with van der Waals surface area (Å²) < 4.78 is 1.11. The Morgan fingerprint density at radius 2 is 2.35 bits per heavy atom. The van der Waals surface area contributed by atoms with Gasteiger partial charge in [-0.3, -0.25) is 0 Å². The van der Waals surface area contributed by atoms with Gasteiger partial charge in [0.15, 0.2) is 0 Å². The Morgan fingerprint density at radius 1 is 1.53 bits per heavy atom. The van der Waals surface area contributed by atoms with Gasteiger partial charge in [-0.05, 0) is 45.1 Å². The van der Waals surface area contributed by atoms with E-state index in [0.717, 1.165) is 14.4 Å². The molecule has 0 aliphatic carbocycles. The lowest BCUT2D eigenvalue weighted by atomic mass is 10.3. The molecule has 17 heavy (non-hydrogen) atoms. The fourth-order valence-electron chi connectivity index (χ4n) is 1.21. The van der Waals surface area contributed by atoms with Crippen LogP contribution in [-0.4, -0.2) is 16.1 Å². The normalized spacial score (nSPS) is 10.4. The number of aromatic nitrogens is 1. The summed E-state index contributed by atoms with van der Waals surface area (Å²) in [5.74, 6) is -0.170. The van der Waals surface area contributed by atoms with Crippen LogP contribution in [-0.2, 0) is 5.75 Å². The molecule has 0 fully saturated rings. The molecule has 2 aromatic heterocycles. The summed E-state index contributed by atoms with van der Waals surface area (Å²) in [4.78, 5) is 15.5. The van der Waals surface area contributed by atoms with Gasteiger partial charge in [0.2, 0.25) is 0 Å². The molecule has 3 nitrogen and oxygen atoms in total. The van der Waals surface area contributed by atoms with Gasteiger partial charge in [-0.25, -0.2) is 9.78 Å². The number of halogens is 1. The highest BCUT2D eigenvalue weighted by atomic mass is 79.9. The first-order valence-electron chi connectivity index (χ1n) is 4.70. The summed E-state index contributed by atoms with van der Waals surface area (Å²) >= 11 is 6.66. The van der Waals surface area contributed by atoms with Crippen molar-refractivity contribution in [2.75, 3.05) is 0 Å². The van der Waals surface area contributed by atoms with Crippen LogP contribution in [0.1, 0.15) is 16.1 Å². The summed E-state index contributed by atoms with van der Waals surface area (Å²) in [6.45, 7) is 0. The minimum absolute atomic E-state index is 0.0847. The molecule has 88 valence electrons. The zero-order chi connectivity index (χ0) is 12.3. The van der Waals surface area contributed by atoms with E-state index in [2.05, 4.69) is 32.4 Å². The number of nitrogens with zero attached hydrogens (tertiary/aromatic N) is 1. The molecule has 2 heterocycles. The number of thiophene rings is 1. The molecular weight excluding hydrogens is 322 g/mol. The molecule has 6 heteroatoms. The van der Waals surface area contributed by atoms with E-state index in [9.17, 15) is 4.79 Å². The van der Waals surface area contributed by atoms with Crippen LogP contribution in [0.3, 0.4) is 0 Å². The fourth-order valence-corrected chi connectivity index (χ4v) is 3.37. The number of rotatable bonds is 4. The maximum atomic E-state index is 10.8. The highest BCUT2D eigenvalue weighted by Crippen LogP contribution is 2.27. The van der Waals surface area contributed by atoms with Gasteiger partial charge in [0, 0.05) is 16.8 Å². The average Bonchev–Trinajstić information content (AvgIpc) is 2.73. The molecule has 0 spiro atoms. The first kappa shape index (κ1) is 12.6. The number of carboxylic acid groups (broad SMARTS) is 1. The van der Waals surface area contributed by atoms with Crippen molar-refractivity contribution in [1.82, 2.24) is 4.98 Å². The second kappa shape index (κ2) is 5.66. The number of hydrogen-bond acceptors (Lipinski definition) is 4. The summed E-state index contributed by atoms with van der Waals surface area (Å²) in [5, 5.41) is 10.9. The molecule has 1 N–H and O–H groups in total. The van der Waals surface area contributed by atoms with Gasteiger partial charge >= 0.3 is 5.97 Å². The topological polar surface area (TPSA) is 50.2 Å². The third-order valence-corrected chi connectivity index (χ3v) is 4.60. The zero-order valence-corrected chi connectivity index (χ0v) is 11.8. The van der Waals surface area contributed by atoms with Crippen molar-refractivity contribution < 1.29 is 9.90 Å². The minimum Gasteiger partial charge on any atom is -0.477 e. The van der Waals surface area contributed by atoms with Crippen molar-refractivity contribution in [3.63, 3.8) is 0 Å². The summed E-state index contributed by atoms with van der Waals surface area (Å²) in [5.41, 5.74) is 1.31. The van der Waals surface area contributed by atoms with Crippen molar-refractivity contribution in [3.8, 4) is 0 Å². The van der Waals surface area contributed by atoms with Gasteiger partial charge in [0.05, 0.1) is 3.79 Å². The second-order valence-electron chi connectivity index (χ2n) is 3.23. The lowest BCUT2D eigenvalue weighted by molar-refractivity contribution is 0.0690. The SMILES string of the molecule is O=C(O)c1cc(SCc2csc(Br)c2)ccn1. The number of carboxylic acids is 1. The van der Waals surface area contributed by atoms with E-state index in [1.54, 1.807) is 29.2 Å². The molecule has 0 amide bonds. The van der Waals surface area contributed by atoms with Gasteiger partial charge in [0.25, 0.3) is 0 Å². The summed E-state index contributed by atoms with van der Waals surface area (Å²) in [7, 11) is 0. The number of hydrogen-bond donors (Lipinski definition) is 1. The quantitative estimate of drug-likeness (QED) is 0.864. The predicted octanol–water partition coefficient (Wildman–Crippen LogP) is 3.90. The predicted molar refractivity (Wildman–Crippen MR) is 72.8 cm³/mol.